The van der Waals surface area contributed by atoms with Crippen molar-refractivity contribution in [2.75, 3.05) is 39.2 Å². The maximum Gasteiger partial charge on any atom is 0.337 e. The van der Waals surface area contributed by atoms with Crippen molar-refractivity contribution in [2.45, 2.75) is 6.92 Å². The fraction of sp³-hybridized carbons (Fsp3) is 0.222. The van der Waals surface area contributed by atoms with Crippen molar-refractivity contribution in [3.05, 3.63) is 76.0 Å². The van der Waals surface area contributed by atoms with Gasteiger partial charge in [-0.25, -0.2) is 9.79 Å². The monoisotopic (exact) mass is 504 g/mol. The van der Waals surface area contributed by atoms with E-state index < -0.39 is 5.97 Å². The van der Waals surface area contributed by atoms with E-state index in [2.05, 4.69) is 4.98 Å². The van der Waals surface area contributed by atoms with Crippen molar-refractivity contribution in [3.8, 4) is 5.88 Å². The van der Waals surface area contributed by atoms with Crippen molar-refractivity contribution in [1.29, 1.82) is 0 Å². The molecule has 2 aromatic carbocycles. The Morgan fingerprint density at radius 3 is 2.44 bits per heavy atom. The number of amides is 1. The van der Waals surface area contributed by atoms with Gasteiger partial charge in [-0.15, -0.1) is 11.3 Å². The topological polar surface area (TPSA) is 98.2 Å². The number of nitrogens with zero attached hydrogens (tertiary/aromatic N) is 3. The maximum atomic E-state index is 12.2. The van der Waals surface area contributed by atoms with E-state index in [0.29, 0.717) is 34.6 Å². The Labute approximate surface area is 213 Å². The van der Waals surface area contributed by atoms with Gasteiger partial charge in [0.15, 0.2) is 5.88 Å². The maximum absolute atomic E-state index is 12.2. The van der Waals surface area contributed by atoms with E-state index in [1.54, 1.807) is 30.0 Å². The minimum atomic E-state index is -0.454. The van der Waals surface area contributed by atoms with Gasteiger partial charge in [0.05, 0.1) is 34.5 Å². The zero-order valence-corrected chi connectivity index (χ0v) is 21.4. The first-order chi connectivity index (χ1) is 17.3. The van der Waals surface area contributed by atoms with E-state index in [9.17, 15) is 14.7 Å². The average Bonchev–Trinajstić information content (AvgIpc) is 3.50. The highest BCUT2D eigenvalue weighted by molar-refractivity contribution is 7.12. The van der Waals surface area contributed by atoms with Crippen molar-refractivity contribution in [3.63, 3.8) is 0 Å². The molecule has 0 spiro atoms. The SMILES string of the molecule is COC(=O)c1ccc2c(C(=Nc3ccc(N(CCN(C)C)C(C)=O)cc3)c3cccs3)c(O)[nH]c2c1. The minimum Gasteiger partial charge on any atom is -0.494 e. The second-order valence-electron chi connectivity index (χ2n) is 8.53. The number of anilines is 1. The number of fused-ring (bicyclic) bond motifs is 1. The number of methoxy groups -OCH3 is 1. The van der Waals surface area contributed by atoms with Crippen molar-refractivity contribution >= 4 is 51.2 Å². The van der Waals surface area contributed by atoms with E-state index in [-0.39, 0.29) is 11.8 Å². The highest BCUT2D eigenvalue weighted by Crippen LogP contribution is 2.33. The number of thiophene rings is 1. The number of aromatic hydroxyl groups is 1. The first-order valence-corrected chi connectivity index (χ1v) is 12.2. The Morgan fingerprint density at radius 1 is 1.08 bits per heavy atom. The van der Waals surface area contributed by atoms with Crippen LogP contribution in [0.4, 0.5) is 11.4 Å². The summed E-state index contributed by atoms with van der Waals surface area (Å²) in [4.78, 5) is 36.6. The fourth-order valence-electron chi connectivity index (χ4n) is 3.92. The summed E-state index contributed by atoms with van der Waals surface area (Å²) in [5, 5.41) is 13.5. The van der Waals surface area contributed by atoms with Gasteiger partial charge in [0.25, 0.3) is 0 Å². The third-order valence-corrected chi connectivity index (χ3v) is 6.62. The van der Waals surface area contributed by atoms with Crippen molar-refractivity contribution in [2.24, 2.45) is 4.99 Å². The van der Waals surface area contributed by atoms with Gasteiger partial charge in [-0.2, -0.15) is 0 Å². The van der Waals surface area contributed by atoms with Gasteiger partial charge in [0.1, 0.15) is 0 Å². The molecule has 4 aromatic rings. The first kappa shape index (κ1) is 25.2. The van der Waals surface area contributed by atoms with Crippen LogP contribution >= 0.6 is 11.3 Å². The third-order valence-electron chi connectivity index (χ3n) is 5.74. The second-order valence-corrected chi connectivity index (χ2v) is 9.48. The van der Waals surface area contributed by atoms with E-state index in [1.807, 2.05) is 60.8 Å². The molecule has 1 amide bonds. The number of aromatic nitrogens is 1. The Kier molecular flexibility index (Phi) is 7.52. The quantitative estimate of drug-likeness (QED) is 0.265. The molecule has 9 heteroatoms. The summed E-state index contributed by atoms with van der Waals surface area (Å²) in [7, 11) is 5.27. The number of nitrogens with one attached hydrogen (secondary N) is 1. The molecule has 0 saturated carbocycles. The van der Waals surface area contributed by atoms with E-state index in [0.717, 1.165) is 22.5 Å². The molecule has 0 aliphatic heterocycles. The van der Waals surface area contributed by atoms with Crippen LogP contribution in [0, 0.1) is 0 Å². The molecule has 0 unspecified atom stereocenters. The number of esters is 1. The zero-order chi connectivity index (χ0) is 25.8. The van der Waals surface area contributed by atoms with Gasteiger partial charge in [0, 0.05) is 36.6 Å². The molecule has 0 aliphatic carbocycles. The Bertz CT molecular complexity index is 1410. The third kappa shape index (κ3) is 5.32. The summed E-state index contributed by atoms with van der Waals surface area (Å²) in [6.45, 7) is 2.89. The van der Waals surface area contributed by atoms with Crippen LogP contribution in [-0.4, -0.2) is 66.9 Å². The van der Waals surface area contributed by atoms with Crippen LogP contribution in [0.1, 0.15) is 27.7 Å². The van der Waals surface area contributed by atoms with Crippen LogP contribution in [0.5, 0.6) is 5.88 Å². The largest absolute Gasteiger partial charge is 0.494 e. The highest BCUT2D eigenvalue weighted by atomic mass is 32.1. The first-order valence-electron chi connectivity index (χ1n) is 11.4. The van der Waals surface area contributed by atoms with E-state index >= 15 is 0 Å². The van der Waals surface area contributed by atoms with Crippen LogP contribution in [-0.2, 0) is 9.53 Å². The number of H-pyrrole nitrogens is 1. The van der Waals surface area contributed by atoms with Crippen LogP contribution in [0.2, 0.25) is 0 Å². The lowest BCUT2D eigenvalue weighted by molar-refractivity contribution is -0.116. The molecule has 2 heterocycles. The van der Waals surface area contributed by atoms with Crippen LogP contribution in [0.25, 0.3) is 10.9 Å². The predicted molar refractivity (Wildman–Crippen MR) is 144 cm³/mol. The zero-order valence-electron chi connectivity index (χ0n) is 20.6. The molecule has 0 fully saturated rings. The van der Waals surface area contributed by atoms with Crippen LogP contribution in [0.3, 0.4) is 0 Å². The van der Waals surface area contributed by atoms with E-state index in [4.69, 9.17) is 9.73 Å². The summed E-state index contributed by atoms with van der Waals surface area (Å²) in [6, 6.07) is 16.4. The molecule has 2 N–H and O–H groups in total. The summed E-state index contributed by atoms with van der Waals surface area (Å²) in [5.74, 6) is -0.519. The lowest BCUT2D eigenvalue weighted by Gasteiger charge is -2.23. The summed E-state index contributed by atoms with van der Waals surface area (Å²) in [6.07, 6.45) is 0. The highest BCUT2D eigenvalue weighted by Gasteiger charge is 2.21. The number of likely N-dealkylation sites (N-methyl/N-ethyl adjacent to an activating group) is 1. The lowest BCUT2D eigenvalue weighted by Crippen LogP contribution is -2.35. The number of carbonyl (C=O) groups is 2. The molecule has 36 heavy (non-hydrogen) atoms. The molecule has 0 radical (unpaired) electrons. The summed E-state index contributed by atoms with van der Waals surface area (Å²) >= 11 is 1.51. The van der Waals surface area contributed by atoms with Gasteiger partial charge in [-0.3, -0.25) is 4.79 Å². The molecule has 8 nitrogen and oxygen atoms in total. The number of benzene rings is 2. The number of aliphatic imine (C=N–C) groups is 1. The van der Waals surface area contributed by atoms with Crippen LogP contribution in [0.15, 0.2) is 65.0 Å². The number of carbonyl (C=O) groups excluding carboxylic acids is 2. The van der Waals surface area contributed by atoms with E-state index in [1.165, 1.54) is 18.4 Å². The smallest absolute Gasteiger partial charge is 0.337 e. The van der Waals surface area contributed by atoms with Gasteiger partial charge >= 0.3 is 5.97 Å². The van der Waals surface area contributed by atoms with Crippen molar-refractivity contribution in [1.82, 2.24) is 9.88 Å². The number of aromatic amines is 1. The normalized spacial score (nSPS) is 11.8. The fourth-order valence-corrected chi connectivity index (χ4v) is 4.64. The number of hydrogen-bond donors (Lipinski definition) is 2. The average molecular weight is 505 g/mol. The number of rotatable bonds is 8. The molecule has 4 rings (SSSR count). The molecule has 186 valence electrons. The molecule has 2 aromatic heterocycles. The Hall–Kier alpha value is -3.95. The molecule has 0 bridgehead atoms. The minimum absolute atomic E-state index is 0.0255. The molecule has 0 atom stereocenters. The van der Waals surface area contributed by atoms with Crippen LogP contribution < -0.4 is 4.90 Å². The van der Waals surface area contributed by atoms with Gasteiger partial charge in [-0.1, -0.05) is 12.1 Å². The van der Waals surface area contributed by atoms with Crippen molar-refractivity contribution < 1.29 is 19.4 Å². The molecule has 0 aliphatic rings. The molecular weight excluding hydrogens is 476 g/mol. The number of ether oxygens (including phenoxy) is 1. The Balaban J connectivity index is 1.75. The molecular formula is C27H28N4O4S. The number of hydrogen-bond acceptors (Lipinski definition) is 7. The Morgan fingerprint density at radius 2 is 1.83 bits per heavy atom. The summed E-state index contributed by atoms with van der Waals surface area (Å²) in [5.41, 5.74) is 3.60. The van der Waals surface area contributed by atoms with Gasteiger partial charge < -0.3 is 24.6 Å². The van der Waals surface area contributed by atoms with Gasteiger partial charge in [-0.05, 0) is 61.9 Å². The second kappa shape index (κ2) is 10.8. The summed E-state index contributed by atoms with van der Waals surface area (Å²) < 4.78 is 4.81. The lowest BCUT2D eigenvalue weighted by atomic mass is 10.0. The molecule has 0 saturated heterocycles. The van der Waals surface area contributed by atoms with Gasteiger partial charge in [0.2, 0.25) is 5.91 Å². The standard InChI is InChI=1S/C27H28N4O4S/c1-17(32)31(14-13-30(2)3)20-10-8-19(9-11-20)28-25(23-6-5-15-36-23)24-21-12-7-18(27(34)35-4)16-22(21)29-26(24)33/h5-12,15-16,29,33H,13-14H2,1-4H3. The predicted octanol–water partition coefficient (Wildman–Crippen LogP) is 4.81.